The molecule has 1 heterocycles. The van der Waals surface area contributed by atoms with Gasteiger partial charge < -0.3 is 5.11 Å². The van der Waals surface area contributed by atoms with Crippen molar-refractivity contribution in [3.05, 3.63) is 12.2 Å². The Kier molecular flexibility index (Phi) is 1.04. The molecule has 0 spiro atoms. The summed E-state index contributed by atoms with van der Waals surface area (Å²) in [6.07, 6.45) is 3.63. The minimum atomic E-state index is -0.218. The second-order valence-corrected chi connectivity index (χ2v) is 2.22. The fraction of sp³-hybridized carbons (Fsp3) is 0.250. The number of aliphatic hydroxyl groups excluding tert-OH is 1. The average Bonchev–Trinajstić information content (AvgIpc) is 1.86. The van der Waals surface area contributed by atoms with Crippen LogP contribution in [0.5, 0.6) is 0 Å². The summed E-state index contributed by atoms with van der Waals surface area (Å²) in [5.74, 6) is 1.70. The Hall–Kier alpha value is -0.130. The van der Waals surface area contributed by atoms with Crippen LogP contribution in [-0.2, 0) is 0 Å². The van der Waals surface area contributed by atoms with Crippen molar-refractivity contribution in [3.63, 3.8) is 0 Å². The second-order valence-electron chi connectivity index (χ2n) is 1.10. The summed E-state index contributed by atoms with van der Waals surface area (Å²) in [4.78, 5) is 0. The zero-order chi connectivity index (χ0) is 4.41. The van der Waals surface area contributed by atoms with Crippen LogP contribution >= 0.6 is 8.20 Å². The maximum atomic E-state index is 8.60. The average molecular weight is 100 g/mol. The molecule has 0 amide bonds. The molecule has 0 saturated carbocycles. The van der Waals surface area contributed by atoms with Gasteiger partial charge in [-0.3, -0.25) is 0 Å². The largest absolute Gasteiger partial charge is 0.380 e. The number of hydrogen-bond donors (Lipinski definition) is 1. The van der Waals surface area contributed by atoms with Crippen LogP contribution < -0.4 is 0 Å². The topological polar surface area (TPSA) is 20.2 Å². The third-order valence-electron chi connectivity index (χ3n) is 0.608. The highest BCUT2D eigenvalue weighted by Crippen LogP contribution is 2.09. The van der Waals surface area contributed by atoms with E-state index < -0.39 is 0 Å². The molecule has 1 aliphatic rings. The Morgan fingerprint density at radius 1 is 1.67 bits per heavy atom. The molecule has 0 bridgehead atoms. The van der Waals surface area contributed by atoms with E-state index in [0.29, 0.717) is 0 Å². The van der Waals surface area contributed by atoms with Crippen molar-refractivity contribution < 1.29 is 5.11 Å². The quantitative estimate of drug-likeness (QED) is 0.442. The molecule has 1 aliphatic heterocycles. The highest BCUT2D eigenvalue weighted by molar-refractivity contribution is 7.40. The Bertz CT molecular complexity index is 83.7. The van der Waals surface area contributed by atoms with Crippen LogP contribution in [0.3, 0.4) is 0 Å². The van der Waals surface area contributed by atoms with Gasteiger partial charge in [-0.15, -0.1) is 0 Å². The summed E-state index contributed by atoms with van der Waals surface area (Å²) in [7, 11) is 1.01. The lowest BCUT2D eigenvalue weighted by Crippen LogP contribution is -1.82. The lowest BCUT2D eigenvalue weighted by Gasteiger charge is -1.83. The third kappa shape index (κ3) is 0.675. The molecule has 0 aromatic heterocycles. The number of rotatable bonds is 0. The van der Waals surface area contributed by atoms with Gasteiger partial charge in [0.25, 0.3) is 0 Å². The standard InChI is InChI=1S/C4H5OP/c5-4-2-1-3-6-4/h1-5H. The minimum absolute atomic E-state index is 0.218. The predicted molar refractivity (Wildman–Crippen MR) is 28.1 cm³/mol. The van der Waals surface area contributed by atoms with Crippen LogP contribution in [0.4, 0.5) is 0 Å². The first-order valence-corrected chi connectivity index (χ1v) is 2.81. The van der Waals surface area contributed by atoms with Crippen molar-refractivity contribution in [2.45, 2.75) is 5.85 Å². The summed E-state index contributed by atoms with van der Waals surface area (Å²) in [5, 5.41) is 8.60. The first kappa shape index (κ1) is 4.04. The van der Waals surface area contributed by atoms with Gasteiger partial charge in [0.2, 0.25) is 0 Å². The first-order valence-electron chi connectivity index (χ1n) is 1.77. The van der Waals surface area contributed by atoms with Crippen LogP contribution in [0.1, 0.15) is 0 Å². The fourth-order valence-corrected chi connectivity index (χ4v) is 0.911. The lowest BCUT2D eigenvalue weighted by atomic mass is 10.6. The molecule has 0 aromatic rings. The van der Waals surface area contributed by atoms with Crippen molar-refractivity contribution in [2.24, 2.45) is 0 Å². The predicted octanol–water partition coefficient (Wildman–Crippen LogP) is 0.623. The molecular weight excluding hydrogens is 95.0 g/mol. The fourth-order valence-electron chi connectivity index (χ4n) is 0.337. The molecule has 0 aromatic carbocycles. The van der Waals surface area contributed by atoms with Gasteiger partial charge in [-0.2, -0.15) is 0 Å². The third-order valence-corrected chi connectivity index (χ3v) is 1.43. The van der Waals surface area contributed by atoms with Crippen LogP contribution in [0.25, 0.3) is 0 Å². The maximum absolute atomic E-state index is 8.60. The molecule has 0 fully saturated rings. The molecule has 1 unspecified atom stereocenters. The van der Waals surface area contributed by atoms with E-state index in [1.807, 2.05) is 11.9 Å². The molecule has 1 rings (SSSR count). The van der Waals surface area contributed by atoms with E-state index in [1.165, 1.54) is 0 Å². The van der Waals surface area contributed by atoms with Crippen molar-refractivity contribution in [3.8, 4) is 0 Å². The van der Waals surface area contributed by atoms with Crippen molar-refractivity contribution in [1.29, 1.82) is 0 Å². The van der Waals surface area contributed by atoms with Crippen molar-refractivity contribution >= 4 is 14.0 Å². The van der Waals surface area contributed by atoms with Gasteiger partial charge in [-0.25, -0.2) is 0 Å². The summed E-state index contributed by atoms with van der Waals surface area (Å²) in [6.45, 7) is 0. The highest BCUT2D eigenvalue weighted by Gasteiger charge is 1.92. The van der Waals surface area contributed by atoms with E-state index in [9.17, 15) is 0 Å². The minimum Gasteiger partial charge on any atom is -0.380 e. The van der Waals surface area contributed by atoms with Gasteiger partial charge >= 0.3 is 0 Å². The zero-order valence-corrected chi connectivity index (χ0v) is 4.10. The Morgan fingerprint density at radius 2 is 2.50 bits per heavy atom. The first-order chi connectivity index (χ1) is 2.89. The molecule has 0 radical (unpaired) electrons. The molecule has 0 saturated heterocycles. The maximum Gasteiger partial charge on any atom is 0.113 e. The molecule has 6 heavy (non-hydrogen) atoms. The van der Waals surface area contributed by atoms with Gasteiger partial charge in [0.15, 0.2) is 0 Å². The van der Waals surface area contributed by atoms with E-state index in [1.54, 1.807) is 6.08 Å². The smallest absolute Gasteiger partial charge is 0.113 e. The molecule has 1 N–H and O–H groups in total. The second kappa shape index (κ2) is 1.55. The van der Waals surface area contributed by atoms with Gasteiger partial charge in [0, 0.05) is 0 Å². The van der Waals surface area contributed by atoms with E-state index in [2.05, 4.69) is 0 Å². The number of aliphatic hydroxyl groups is 1. The molecular formula is C4H5OP. The Labute approximate surface area is 38.1 Å². The Morgan fingerprint density at radius 3 is 2.67 bits per heavy atom. The van der Waals surface area contributed by atoms with Gasteiger partial charge in [0.05, 0.1) is 0 Å². The molecule has 32 valence electrons. The molecule has 1 nitrogen and oxygen atoms in total. The Balaban J connectivity index is 2.60. The molecule has 0 aliphatic carbocycles. The lowest BCUT2D eigenvalue weighted by molar-refractivity contribution is 0.309. The van der Waals surface area contributed by atoms with E-state index in [0.717, 1.165) is 8.20 Å². The van der Waals surface area contributed by atoms with E-state index in [4.69, 9.17) is 5.11 Å². The van der Waals surface area contributed by atoms with Gasteiger partial charge in [-0.1, -0.05) is 14.3 Å². The van der Waals surface area contributed by atoms with Crippen molar-refractivity contribution in [1.82, 2.24) is 0 Å². The van der Waals surface area contributed by atoms with E-state index in [-0.39, 0.29) is 5.85 Å². The van der Waals surface area contributed by atoms with E-state index >= 15 is 0 Å². The molecule has 2 heteroatoms. The number of allylic oxidation sites excluding steroid dienone is 1. The van der Waals surface area contributed by atoms with Gasteiger partial charge in [-0.05, 0) is 11.9 Å². The SMILES string of the molecule is OC1C=CC=P1. The number of hydrogen-bond acceptors (Lipinski definition) is 1. The summed E-state index contributed by atoms with van der Waals surface area (Å²) in [5.41, 5.74) is 0. The van der Waals surface area contributed by atoms with Gasteiger partial charge in [0.1, 0.15) is 5.85 Å². The highest BCUT2D eigenvalue weighted by atomic mass is 31.1. The zero-order valence-electron chi connectivity index (χ0n) is 3.20. The normalized spacial score (nSPS) is 31.8. The summed E-state index contributed by atoms with van der Waals surface area (Å²) < 4.78 is 0. The van der Waals surface area contributed by atoms with Crippen molar-refractivity contribution in [2.75, 3.05) is 0 Å². The summed E-state index contributed by atoms with van der Waals surface area (Å²) >= 11 is 0. The monoisotopic (exact) mass is 100 g/mol. The van der Waals surface area contributed by atoms with Crippen LogP contribution in [-0.4, -0.2) is 16.7 Å². The molecule has 1 atom stereocenters. The van der Waals surface area contributed by atoms with Crippen LogP contribution in [0, 0.1) is 0 Å². The van der Waals surface area contributed by atoms with Crippen LogP contribution in [0.15, 0.2) is 12.2 Å². The summed E-state index contributed by atoms with van der Waals surface area (Å²) in [6, 6.07) is 0. The van der Waals surface area contributed by atoms with Crippen LogP contribution in [0.2, 0.25) is 0 Å².